The molecule has 2 heterocycles. The Morgan fingerprint density at radius 2 is 2.12 bits per heavy atom. The fourth-order valence-electron chi connectivity index (χ4n) is 3.08. The highest BCUT2D eigenvalue weighted by Crippen LogP contribution is 2.39. The highest BCUT2D eigenvalue weighted by Gasteiger charge is 2.30. The van der Waals surface area contributed by atoms with Crippen LogP contribution in [0.5, 0.6) is 0 Å². The predicted molar refractivity (Wildman–Crippen MR) is 89.7 cm³/mol. The first-order valence-corrected chi connectivity index (χ1v) is 8.71. The Hall–Kier alpha value is -2.21. The minimum Gasteiger partial charge on any atom is -0.339 e. The summed E-state index contributed by atoms with van der Waals surface area (Å²) in [6, 6.07) is 7.89. The van der Waals surface area contributed by atoms with E-state index in [1.54, 1.807) is 0 Å². The van der Waals surface area contributed by atoms with Crippen LogP contribution < -0.4 is 5.32 Å². The van der Waals surface area contributed by atoms with E-state index in [0.717, 1.165) is 50.4 Å². The van der Waals surface area contributed by atoms with Crippen molar-refractivity contribution in [2.24, 2.45) is 0 Å². The van der Waals surface area contributed by atoms with E-state index in [4.69, 9.17) is 4.52 Å². The first kappa shape index (κ1) is 15.3. The summed E-state index contributed by atoms with van der Waals surface area (Å²) in [5.74, 6) is 1.88. The van der Waals surface area contributed by atoms with Crippen LogP contribution in [0.25, 0.3) is 11.4 Å². The Balaban J connectivity index is 1.47. The summed E-state index contributed by atoms with van der Waals surface area (Å²) < 4.78 is 5.30. The van der Waals surface area contributed by atoms with Crippen molar-refractivity contribution < 1.29 is 9.32 Å². The molecule has 6 heteroatoms. The number of amides is 1. The van der Waals surface area contributed by atoms with Gasteiger partial charge in [-0.1, -0.05) is 24.2 Å². The van der Waals surface area contributed by atoms with E-state index in [1.807, 2.05) is 29.2 Å². The molecule has 1 saturated carbocycles. The molecule has 6 nitrogen and oxygen atoms in total. The Bertz CT molecular complexity index is 721. The summed E-state index contributed by atoms with van der Waals surface area (Å²) >= 11 is 0. The molecule has 0 unspecified atom stereocenters. The second-order valence-electron chi connectivity index (χ2n) is 6.62. The maximum atomic E-state index is 12.7. The molecule has 0 radical (unpaired) electrons. The van der Waals surface area contributed by atoms with Crippen LogP contribution >= 0.6 is 0 Å². The average molecular weight is 326 g/mol. The van der Waals surface area contributed by atoms with Crippen LogP contribution in [0.15, 0.2) is 28.8 Å². The highest BCUT2D eigenvalue weighted by atomic mass is 16.5. The third kappa shape index (κ3) is 3.06. The van der Waals surface area contributed by atoms with Crippen molar-refractivity contribution in [3.05, 3.63) is 35.7 Å². The third-order valence-corrected chi connectivity index (χ3v) is 4.79. The van der Waals surface area contributed by atoms with Gasteiger partial charge in [-0.3, -0.25) is 4.79 Å². The topological polar surface area (TPSA) is 71.3 Å². The number of aromatic nitrogens is 2. The van der Waals surface area contributed by atoms with Gasteiger partial charge in [0.15, 0.2) is 0 Å². The molecule has 126 valence electrons. The van der Waals surface area contributed by atoms with Crippen LogP contribution in [0.4, 0.5) is 0 Å². The number of benzene rings is 1. The van der Waals surface area contributed by atoms with Gasteiger partial charge >= 0.3 is 0 Å². The van der Waals surface area contributed by atoms with Crippen molar-refractivity contribution in [3.63, 3.8) is 0 Å². The van der Waals surface area contributed by atoms with E-state index >= 15 is 0 Å². The van der Waals surface area contributed by atoms with E-state index in [1.165, 1.54) is 0 Å². The maximum absolute atomic E-state index is 12.7. The molecule has 0 spiro atoms. The number of nitrogens with one attached hydrogen (secondary N) is 1. The van der Waals surface area contributed by atoms with E-state index in [-0.39, 0.29) is 5.91 Å². The molecule has 2 fully saturated rings. The van der Waals surface area contributed by atoms with Gasteiger partial charge in [0.25, 0.3) is 5.91 Å². The van der Waals surface area contributed by atoms with Gasteiger partial charge in [-0.2, -0.15) is 4.98 Å². The van der Waals surface area contributed by atoms with Crippen LogP contribution in [-0.2, 0) is 0 Å². The summed E-state index contributed by atoms with van der Waals surface area (Å²) in [4.78, 5) is 19.0. The van der Waals surface area contributed by atoms with Gasteiger partial charge in [0, 0.05) is 42.7 Å². The molecule has 1 atom stereocenters. The fraction of sp³-hybridized carbons (Fsp3) is 0.500. The molecule has 2 aromatic rings. The smallest absolute Gasteiger partial charge is 0.253 e. The number of piperazine rings is 1. The van der Waals surface area contributed by atoms with Crippen molar-refractivity contribution >= 4 is 5.91 Å². The Morgan fingerprint density at radius 3 is 2.83 bits per heavy atom. The highest BCUT2D eigenvalue weighted by molar-refractivity contribution is 5.94. The molecule has 1 aliphatic heterocycles. The van der Waals surface area contributed by atoms with Crippen molar-refractivity contribution in [2.45, 2.75) is 38.1 Å². The van der Waals surface area contributed by atoms with E-state index in [0.29, 0.717) is 23.3 Å². The lowest BCUT2D eigenvalue weighted by Crippen LogP contribution is -2.52. The summed E-state index contributed by atoms with van der Waals surface area (Å²) in [7, 11) is 0. The first-order valence-electron chi connectivity index (χ1n) is 8.71. The van der Waals surface area contributed by atoms with Gasteiger partial charge in [-0.05, 0) is 31.4 Å². The molecular weight excluding hydrogens is 304 g/mol. The Kier molecular flexibility index (Phi) is 4.06. The first-order chi connectivity index (χ1) is 11.7. The molecule has 1 aliphatic carbocycles. The van der Waals surface area contributed by atoms with E-state index in [2.05, 4.69) is 22.4 Å². The summed E-state index contributed by atoms with van der Waals surface area (Å²) in [5.41, 5.74) is 1.59. The molecule has 0 bridgehead atoms. The number of carbonyl (C=O) groups is 1. The molecule has 1 amide bonds. The van der Waals surface area contributed by atoms with Gasteiger partial charge in [0.2, 0.25) is 11.7 Å². The SMILES string of the molecule is CC[C@@H]1CN(C(=O)c2ccc(-c3noc(C4CC4)n3)cc2)CCN1. The van der Waals surface area contributed by atoms with Crippen LogP contribution in [0.2, 0.25) is 0 Å². The van der Waals surface area contributed by atoms with Gasteiger partial charge in [0.05, 0.1) is 0 Å². The molecule has 1 aromatic heterocycles. The van der Waals surface area contributed by atoms with Crippen LogP contribution in [0.3, 0.4) is 0 Å². The van der Waals surface area contributed by atoms with Crippen molar-refractivity contribution in [1.82, 2.24) is 20.4 Å². The number of hydrogen-bond donors (Lipinski definition) is 1. The lowest BCUT2D eigenvalue weighted by molar-refractivity contribution is 0.0701. The number of hydrogen-bond acceptors (Lipinski definition) is 5. The van der Waals surface area contributed by atoms with E-state index in [9.17, 15) is 4.79 Å². The van der Waals surface area contributed by atoms with Crippen LogP contribution in [0, 0.1) is 0 Å². The summed E-state index contributed by atoms with van der Waals surface area (Å²) in [6.07, 6.45) is 3.31. The quantitative estimate of drug-likeness (QED) is 0.934. The molecular formula is C18H22N4O2. The zero-order valence-corrected chi connectivity index (χ0v) is 13.9. The average Bonchev–Trinajstić information content (AvgIpc) is 3.38. The standard InChI is InChI=1S/C18H22N4O2/c1-2-15-11-22(10-9-19-15)18(23)14-7-3-12(4-8-14)16-20-17(24-21-16)13-5-6-13/h3-4,7-8,13,15,19H,2,5-6,9-11H2,1H3/t15-/m1/s1. The van der Waals surface area contributed by atoms with Gasteiger partial charge in [0.1, 0.15) is 0 Å². The molecule has 2 aliphatic rings. The van der Waals surface area contributed by atoms with Gasteiger partial charge in [-0.15, -0.1) is 0 Å². The monoisotopic (exact) mass is 326 g/mol. The van der Waals surface area contributed by atoms with Gasteiger partial charge in [-0.25, -0.2) is 0 Å². The minimum absolute atomic E-state index is 0.0910. The second-order valence-corrected chi connectivity index (χ2v) is 6.62. The zero-order valence-electron chi connectivity index (χ0n) is 13.9. The Morgan fingerprint density at radius 1 is 1.33 bits per heavy atom. The molecule has 1 N–H and O–H groups in total. The van der Waals surface area contributed by atoms with Crippen LogP contribution in [-0.4, -0.2) is 46.6 Å². The number of nitrogens with zero attached hydrogens (tertiary/aromatic N) is 3. The third-order valence-electron chi connectivity index (χ3n) is 4.79. The lowest BCUT2D eigenvalue weighted by atomic mass is 10.1. The maximum Gasteiger partial charge on any atom is 0.253 e. The molecule has 1 aromatic carbocycles. The predicted octanol–water partition coefficient (Wildman–Crippen LogP) is 2.44. The van der Waals surface area contributed by atoms with Crippen LogP contribution in [0.1, 0.15) is 48.4 Å². The normalized spacial score (nSPS) is 21.0. The zero-order chi connectivity index (χ0) is 16.5. The molecule has 24 heavy (non-hydrogen) atoms. The second kappa shape index (κ2) is 6.36. The lowest BCUT2D eigenvalue weighted by Gasteiger charge is -2.33. The largest absolute Gasteiger partial charge is 0.339 e. The van der Waals surface area contributed by atoms with Crippen molar-refractivity contribution in [3.8, 4) is 11.4 Å². The minimum atomic E-state index is 0.0910. The number of carbonyl (C=O) groups excluding carboxylic acids is 1. The van der Waals surface area contributed by atoms with Crippen molar-refractivity contribution in [1.29, 1.82) is 0 Å². The van der Waals surface area contributed by atoms with Crippen molar-refractivity contribution in [2.75, 3.05) is 19.6 Å². The fourth-order valence-corrected chi connectivity index (χ4v) is 3.08. The summed E-state index contributed by atoms with van der Waals surface area (Å²) in [5, 5.41) is 7.47. The van der Waals surface area contributed by atoms with E-state index < -0.39 is 0 Å². The Labute approximate surface area is 141 Å². The summed E-state index contributed by atoms with van der Waals surface area (Å²) in [6.45, 7) is 4.52. The van der Waals surface area contributed by atoms with Gasteiger partial charge < -0.3 is 14.7 Å². The number of rotatable bonds is 4. The molecule has 4 rings (SSSR count). The molecule has 1 saturated heterocycles.